The van der Waals surface area contributed by atoms with Gasteiger partial charge in [-0.2, -0.15) is 0 Å². The number of rotatable bonds is 21. The van der Waals surface area contributed by atoms with Gasteiger partial charge in [0, 0.05) is 25.0 Å². The summed E-state index contributed by atoms with van der Waals surface area (Å²) in [7, 11) is -7.73. The van der Waals surface area contributed by atoms with Crippen molar-refractivity contribution in [1.29, 1.82) is 0 Å². The van der Waals surface area contributed by atoms with Crippen LogP contribution in [0.2, 0.25) is 30.7 Å². The minimum absolute atomic E-state index is 0.0628. The Morgan fingerprint density at radius 1 is 0.873 bits per heavy atom. The summed E-state index contributed by atoms with van der Waals surface area (Å²) in [6.45, 7) is 25.6. The van der Waals surface area contributed by atoms with Crippen LogP contribution < -0.4 is 10.4 Å². The van der Waals surface area contributed by atoms with Crippen LogP contribution in [0.3, 0.4) is 0 Å². The predicted molar refractivity (Wildman–Crippen MR) is 269 cm³/mol. The second-order valence-corrected chi connectivity index (χ2v) is 32.8. The minimum Gasteiger partial charge on any atom is -0.403 e. The number of carbonyl (C=O) groups is 1. The summed E-state index contributed by atoms with van der Waals surface area (Å²) in [6, 6.07) is 41.0. The van der Waals surface area contributed by atoms with E-state index in [-0.39, 0.29) is 34.2 Å². The predicted octanol–water partition coefficient (Wildman–Crippen LogP) is 11.9. The van der Waals surface area contributed by atoms with Gasteiger partial charge >= 0.3 is 0 Å². The smallest absolute Gasteiger partial charge is 0.261 e. The molecule has 6 nitrogen and oxygen atoms in total. The van der Waals surface area contributed by atoms with Gasteiger partial charge in [0.2, 0.25) is 0 Å². The number of ether oxygens (including phenoxy) is 2. The Morgan fingerprint density at radius 2 is 1.41 bits per heavy atom. The van der Waals surface area contributed by atoms with Gasteiger partial charge < -0.3 is 13.9 Å². The molecule has 0 aromatic heterocycles. The summed E-state index contributed by atoms with van der Waals surface area (Å²) in [6.07, 6.45) is 5.31. The van der Waals surface area contributed by atoms with Crippen LogP contribution in [0.5, 0.6) is 0 Å². The van der Waals surface area contributed by atoms with Gasteiger partial charge in [-0.3, -0.25) is 4.79 Å². The monoisotopic (exact) mass is 922 g/mol. The lowest BCUT2D eigenvalue weighted by Gasteiger charge is -2.48. The van der Waals surface area contributed by atoms with Crippen molar-refractivity contribution in [3.8, 4) is 0 Å². The molecule has 5 rings (SSSR count). The second kappa shape index (κ2) is 22.0. The molecular weight excluding hydrogens is 853 g/mol. The van der Waals surface area contributed by atoms with Crippen molar-refractivity contribution in [2.24, 2.45) is 17.3 Å². The molecule has 1 aliphatic carbocycles. The van der Waals surface area contributed by atoms with Crippen molar-refractivity contribution in [1.82, 2.24) is 0 Å². The van der Waals surface area contributed by atoms with E-state index in [1.807, 2.05) is 38.1 Å². The van der Waals surface area contributed by atoms with Crippen LogP contribution in [0.25, 0.3) is 0 Å². The quantitative estimate of drug-likeness (QED) is 0.0206. The topological polar surface area (TPSA) is 78.9 Å². The third-order valence-electron chi connectivity index (χ3n) is 12.5. The molecule has 1 aliphatic rings. The summed E-state index contributed by atoms with van der Waals surface area (Å²) >= 11 is 1.58. The lowest BCUT2D eigenvalue weighted by Crippen LogP contribution is -2.66. The molecule has 1 saturated carbocycles. The first kappa shape index (κ1) is 50.4. The SMILES string of the molecule is C=C1[C@H](C(=O)/C=C(/CC/C=C(\C)CO[Si](c2ccccc2)(c2ccccc2)C(C)(C)C)Sc2ccccc2)[C@@H](OCOCC[Si](C)(C)C)C[C@@H](C)[C@]1(C)CS(=O)(=O)c1ccccc1. The average Bonchev–Trinajstić information content (AvgIpc) is 3.23. The summed E-state index contributed by atoms with van der Waals surface area (Å²) in [5.74, 6) is -1.15. The Balaban J connectivity index is 1.42. The second-order valence-electron chi connectivity index (χ2n) is 19.6. The number of benzene rings is 4. The Morgan fingerprint density at radius 3 is 1.95 bits per heavy atom. The van der Waals surface area contributed by atoms with E-state index in [0.717, 1.165) is 21.4 Å². The molecule has 0 radical (unpaired) electrons. The Labute approximate surface area is 385 Å². The fourth-order valence-corrected chi connectivity index (χ4v) is 17.0. The number of carbonyl (C=O) groups excluding carboxylic acids is 1. The molecule has 63 heavy (non-hydrogen) atoms. The average molecular weight is 923 g/mol. The highest BCUT2D eigenvalue weighted by atomic mass is 32.2. The Kier molecular flexibility index (Phi) is 17.6. The normalized spacial score (nSPS) is 20.5. The molecule has 338 valence electrons. The fourth-order valence-electron chi connectivity index (χ4n) is 8.62. The molecule has 4 aromatic rings. The first-order chi connectivity index (χ1) is 29.8. The van der Waals surface area contributed by atoms with Gasteiger partial charge in [0.05, 0.1) is 29.3 Å². The van der Waals surface area contributed by atoms with E-state index in [1.54, 1.807) is 42.1 Å². The van der Waals surface area contributed by atoms with Crippen LogP contribution in [-0.4, -0.2) is 62.5 Å². The first-order valence-electron chi connectivity index (χ1n) is 22.3. The maximum absolute atomic E-state index is 14.9. The number of ketones is 1. The maximum Gasteiger partial charge on any atom is 0.261 e. The van der Waals surface area contributed by atoms with E-state index in [2.05, 4.69) is 133 Å². The zero-order valence-corrected chi connectivity index (χ0v) is 42.7. The highest BCUT2D eigenvalue weighted by Crippen LogP contribution is 2.50. The summed E-state index contributed by atoms with van der Waals surface area (Å²) in [5, 5.41) is 2.35. The third-order valence-corrected chi connectivity index (χ3v) is 22.3. The number of hydrogen-bond donors (Lipinski definition) is 0. The Bertz CT molecular complexity index is 2230. The van der Waals surface area contributed by atoms with Crippen LogP contribution in [0.1, 0.15) is 60.8 Å². The molecular formula is C53H70O6S2Si2. The molecule has 4 atom stereocenters. The third kappa shape index (κ3) is 13.2. The lowest BCUT2D eigenvalue weighted by molar-refractivity contribution is -0.139. The molecule has 0 spiro atoms. The molecule has 0 saturated heterocycles. The molecule has 0 bridgehead atoms. The number of hydrogen-bond acceptors (Lipinski definition) is 7. The fraction of sp³-hybridized carbons (Fsp3) is 0.415. The maximum atomic E-state index is 14.9. The zero-order valence-electron chi connectivity index (χ0n) is 39.1. The van der Waals surface area contributed by atoms with Gasteiger partial charge in [0.25, 0.3) is 8.32 Å². The van der Waals surface area contributed by atoms with Crippen molar-refractivity contribution in [2.45, 2.75) is 107 Å². The number of sulfone groups is 1. The van der Waals surface area contributed by atoms with Crippen LogP contribution in [0.15, 0.2) is 166 Å². The first-order valence-corrected chi connectivity index (χ1v) is 30.4. The molecule has 4 aromatic carbocycles. The highest BCUT2D eigenvalue weighted by Gasteiger charge is 2.51. The summed E-state index contributed by atoms with van der Waals surface area (Å²) in [4.78, 5) is 17.1. The van der Waals surface area contributed by atoms with Crippen LogP contribution in [0, 0.1) is 17.3 Å². The summed E-state index contributed by atoms with van der Waals surface area (Å²) < 4.78 is 47.5. The van der Waals surface area contributed by atoms with Crippen molar-refractivity contribution in [3.05, 3.63) is 156 Å². The van der Waals surface area contributed by atoms with Gasteiger partial charge in [-0.1, -0.05) is 187 Å². The number of thioether (sulfide) groups is 1. The van der Waals surface area contributed by atoms with E-state index in [0.29, 0.717) is 38.0 Å². The van der Waals surface area contributed by atoms with E-state index in [9.17, 15) is 13.2 Å². The standard InChI is InChI=1S/C53H70O6S2Si2/c1-41(38-59-63(52(4,5)6,47-30-19-13-20-31-47)48-32-21-14-22-33-48)24-23-27-45(60-44-25-15-11-16-26-44)37-49(54)51-43(3)53(7,39-61(55,56)46-28-17-12-18-29-46)42(2)36-50(51)58-40-57-34-35-62(8,9)10/h11-22,24-26,28-33,37,42,50-51H,3,23,27,34-36,38-40H2,1-2,4-10H3/b41-24+,45-37-/t42-,50+,51-,53+/m1/s1. The zero-order chi connectivity index (χ0) is 45.9. The molecule has 0 unspecified atom stereocenters. The number of allylic oxidation sites excluding steroid dienone is 3. The molecule has 0 heterocycles. The van der Waals surface area contributed by atoms with E-state index >= 15 is 0 Å². The van der Waals surface area contributed by atoms with Crippen LogP contribution in [0.4, 0.5) is 0 Å². The van der Waals surface area contributed by atoms with Crippen LogP contribution >= 0.6 is 11.8 Å². The van der Waals surface area contributed by atoms with Gasteiger partial charge in [0.1, 0.15) is 6.79 Å². The lowest BCUT2D eigenvalue weighted by atomic mass is 9.60. The van der Waals surface area contributed by atoms with Gasteiger partial charge in [0.15, 0.2) is 15.6 Å². The highest BCUT2D eigenvalue weighted by molar-refractivity contribution is 8.03. The van der Waals surface area contributed by atoms with Crippen LogP contribution in [-0.2, 0) is 28.5 Å². The van der Waals surface area contributed by atoms with E-state index in [1.165, 1.54) is 10.4 Å². The molecule has 0 aliphatic heterocycles. The van der Waals surface area contributed by atoms with E-state index in [4.69, 9.17) is 13.9 Å². The molecule has 0 N–H and O–H groups in total. The largest absolute Gasteiger partial charge is 0.403 e. The van der Waals surface area contributed by atoms with Crippen molar-refractivity contribution < 1.29 is 27.1 Å². The summed E-state index contributed by atoms with van der Waals surface area (Å²) in [5.41, 5.74) is 0.847. The Hall–Kier alpha value is -3.62. The molecule has 10 heteroatoms. The van der Waals surface area contributed by atoms with Crippen molar-refractivity contribution >= 4 is 54.1 Å². The van der Waals surface area contributed by atoms with Gasteiger partial charge in [-0.25, -0.2) is 8.42 Å². The van der Waals surface area contributed by atoms with Crippen molar-refractivity contribution in [2.75, 3.05) is 25.8 Å². The molecule has 0 amide bonds. The van der Waals surface area contributed by atoms with Crippen molar-refractivity contribution in [3.63, 3.8) is 0 Å². The minimum atomic E-state index is -3.69. The van der Waals surface area contributed by atoms with E-state index < -0.39 is 43.7 Å². The van der Waals surface area contributed by atoms with Gasteiger partial charge in [-0.05, 0) is 88.8 Å². The van der Waals surface area contributed by atoms with Gasteiger partial charge in [-0.15, -0.1) is 0 Å². The molecule has 1 fully saturated rings.